The lowest BCUT2D eigenvalue weighted by atomic mass is 10.1. The van der Waals surface area contributed by atoms with Crippen LogP contribution in [0.25, 0.3) is 10.9 Å². The second-order valence-electron chi connectivity index (χ2n) is 10.0. The summed E-state index contributed by atoms with van der Waals surface area (Å²) < 4.78 is 13.3. The zero-order valence-electron chi connectivity index (χ0n) is 23.1. The molecule has 0 radical (unpaired) electrons. The highest BCUT2D eigenvalue weighted by Crippen LogP contribution is 2.27. The molecule has 218 valence electrons. The second-order valence-corrected chi connectivity index (χ2v) is 10.5. The number of ether oxygens (including phenoxy) is 2. The van der Waals surface area contributed by atoms with Crippen molar-refractivity contribution in [3.05, 3.63) is 104 Å². The molecule has 0 spiro atoms. The van der Waals surface area contributed by atoms with Gasteiger partial charge in [0.1, 0.15) is 12.3 Å². The van der Waals surface area contributed by atoms with Crippen molar-refractivity contribution in [3.63, 3.8) is 0 Å². The molecule has 0 unspecified atom stereocenters. The minimum atomic E-state index is -0.669. The molecule has 0 saturated carbocycles. The average molecular weight is 591 g/mol. The Morgan fingerprint density at radius 1 is 1.05 bits per heavy atom. The highest BCUT2D eigenvalue weighted by Gasteiger charge is 2.22. The third kappa shape index (κ3) is 6.56. The Labute approximate surface area is 246 Å². The molecule has 1 atom stereocenters. The highest BCUT2D eigenvalue weighted by atomic mass is 35.5. The largest absolute Gasteiger partial charge is 0.495 e. The number of carbonyl (C=O) groups excluding carboxylic acids is 2. The number of nitrogens with zero attached hydrogens (tertiary/aromatic N) is 2. The minimum absolute atomic E-state index is 0.0685. The first-order valence-corrected chi connectivity index (χ1v) is 14.1. The Morgan fingerprint density at radius 2 is 1.86 bits per heavy atom. The summed E-state index contributed by atoms with van der Waals surface area (Å²) in [5.74, 6) is -0.509. The van der Waals surface area contributed by atoms with Crippen molar-refractivity contribution in [2.24, 2.45) is 0 Å². The molecule has 1 aliphatic rings. The quantitative estimate of drug-likeness (QED) is 0.291. The molecule has 0 aliphatic carbocycles. The normalized spacial score (nSPS) is 14.6. The Hall–Kier alpha value is -4.41. The Morgan fingerprint density at radius 3 is 2.60 bits per heavy atom. The van der Waals surface area contributed by atoms with Gasteiger partial charge in [-0.05, 0) is 61.2 Å². The molecule has 5 rings (SSSR count). The zero-order chi connectivity index (χ0) is 29.6. The van der Waals surface area contributed by atoms with Crippen molar-refractivity contribution in [1.82, 2.24) is 14.5 Å². The molecule has 2 heterocycles. The predicted molar refractivity (Wildman–Crippen MR) is 161 cm³/mol. The topological polar surface area (TPSA) is 121 Å². The van der Waals surface area contributed by atoms with Gasteiger partial charge in [0, 0.05) is 23.7 Å². The van der Waals surface area contributed by atoms with Gasteiger partial charge in [0.15, 0.2) is 0 Å². The summed E-state index contributed by atoms with van der Waals surface area (Å²) in [6.45, 7) is 0.614. The fourth-order valence-electron chi connectivity index (χ4n) is 5.04. The second kappa shape index (κ2) is 13.1. The molecule has 42 heavy (non-hydrogen) atoms. The molecular formula is C31H31ClN4O6. The van der Waals surface area contributed by atoms with Crippen molar-refractivity contribution < 1.29 is 19.1 Å². The van der Waals surface area contributed by atoms with E-state index in [4.69, 9.17) is 21.1 Å². The zero-order valence-corrected chi connectivity index (χ0v) is 23.9. The molecule has 4 aromatic rings. The van der Waals surface area contributed by atoms with Gasteiger partial charge < -0.3 is 20.1 Å². The molecule has 11 heteroatoms. The summed E-state index contributed by atoms with van der Waals surface area (Å²) in [5, 5.41) is 6.21. The molecule has 10 nitrogen and oxygen atoms in total. The molecule has 0 bridgehead atoms. The van der Waals surface area contributed by atoms with Gasteiger partial charge in [-0.3, -0.25) is 23.5 Å². The SMILES string of the molecule is COc1ccc(Cl)cc1NC(=O)Cn1c(=O)n(C[C@H]2CCCO2)c(=O)c2ccc(C(=O)NCCc3ccccc3)cc21. The Kier molecular flexibility index (Phi) is 9.04. The minimum Gasteiger partial charge on any atom is -0.495 e. The molecule has 1 fully saturated rings. The monoisotopic (exact) mass is 590 g/mol. The van der Waals surface area contributed by atoms with E-state index < -0.39 is 23.7 Å². The number of hydrogen-bond acceptors (Lipinski definition) is 6. The summed E-state index contributed by atoms with van der Waals surface area (Å²) in [5.41, 5.74) is 0.680. The first-order valence-electron chi connectivity index (χ1n) is 13.7. The molecule has 1 saturated heterocycles. The van der Waals surface area contributed by atoms with Crippen LogP contribution in [0.15, 0.2) is 76.3 Å². The van der Waals surface area contributed by atoms with Crippen LogP contribution in [0.3, 0.4) is 0 Å². The maximum Gasteiger partial charge on any atom is 0.332 e. The third-order valence-corrected chi connectivity index (χ3v) is 7.41. The van der Waals surface area contributed by atoms with Gasteiger partial charge in [0.05, 0.1) is 36.3 Å². The number of benzene rings is 3. The summed E-state index contributed by atoms with van der Waals surface area (Å²) in [7, 11) is 1.46. The maximum absolute atomic E-state index is 13.7. The Balaban J connectivity index is 1.48. The van der Waals surface area contributed by atoms with E-state index in [1.165, 1.54) is 29.9 Å². The smallest absolute Gasteiger partial charge is 0.332 e. The molecule has 1 aromatic heterocycles. The number of fused-ring (bicyclic) bond motifs is 1. The van der Waals surface area contributed by atoms with Crippen LogP contribution in [0.5, 0.6) is 5.75 Å². The third-order valence-electron chi connectivity index (χ3n) is 7.18. The molecular weight excluding hydrogens is 560 g/mol. The Bertz CT molecular complexity index is 1730. The van der Waals surface area contributed by atoms with E-state index in [0.717, 1.165) is 23.0 Å². The van der Waals surface area contributed by atoms with Crippen LogP contribution in [0.4, 0.5) is 5.69 Å². The summed E-state index contributed by atoms with van der Waals surface area (Å²) >= 11 is 6.11. The highest BCUT2D eigenvalue weighted by molar-refractivity contribution is 6.31. The van der Waals surface area contributed by atoms with Crippen LogP contribution < -0.4 is 26.6 Å². The van der Waals surface area contributed by atoms with Crippen molar-refractivity contribution in [3.8, 4) is 5.75 Å². The average Bonchev–Trinajstić information content (AvgIpc) is 3.51. The van der Waals surface area contributed by atoms with E-state index in [9.17, 15) is 19.2 Å². The number of methoxy groups -OCH3 is 1. The summed E-state index contributed by atoms with van der Waals surface area (Å²) in [4.78, 5) is 53.4. The number of carbonyl (C=O) groups is 2. The number of nitrogens with one attached hydrogen (secondary N) is 2. The number of hydrogen-bond donors (Lipinski definition) is 2. The maximum atomic E-state index is 13.7. The van der Waals surface area contributed by atoms with E-state index in [-0.39, 0.29) is 35.0 Å². The van der Waals surface area contributed by atoms with Gasteiger partial charge in [-0.2, -0.15) is 0 Å². The first-order chi connectivity index (χ1) is 20.3. The van der Waals surface area contributed by atoms with Crippen LogP contribution in [0.1, 0.15) is 28.8 Å². The summed E-state index contributed by atoms with van der Waals surface area (Å²) in [6, 6.07) is 19.1. The fraction of sp³-hybridized carbons (Fsp3) is 0.290. The number of halogens is 1. The van der Waals surface area contributed by atoms with Crippen molar-refractivity contribution in [1.29, 1.82) is 0 Å². The van der Waals surface area contributed by atoms with Gasteiger partial charge >= 0.3 is 5.69 Å². The van der Waals surface area contributed by atoms with E-state index in [0.29, 0.717) is 36.0 Å². The van der Waals surface area contributed by atoms with Crippen LogP contribution >= 0.6 is 11.6 Å². The van der Waals surface area contributed by atoms with Crippen LogP contribution in [0.2, 0.25) is 5.02 Å². The number of aromatic nitrogens is 2. The number of amides is 2. The van der Waals surface area contributed by atoms with Crippen molar-refractivity contribution >= 4 is 40.0 Å². The summed E-state index contributed by atoms with van der Waals surface area (Å²) in [6.07, 6.45) is 1.93. The molecule has 2 N–H and O–H groups in total. The van der Waals surface area contributed by atoms with E-state index in [1.807, 2.05) is 30.3 Å². The predicted octanol–water partition coefficient (Wildman–Crippen LogP) is 3.62. The van der Waals surface area contributed by atoms with Gasteiger partial charge in [-0.25, -0.2) is 4.79 Å². The number of anilines is 1. The van der Waals surface area contributed by atoms with E-state index in [1.54, 1.807) is 18.2 Å². The fourth-order valence-corrected chi connectivity index (χ4v) is 5.21. The van der Waals surface area contributed by atoms with Crippen molar-refractivity contribution in [2.45, 2.75) is 38.5 Å². The van der Waals surface area contributed by atoms with Crippen LogP contribution in [-0.4, -0.2) is 47.3 Å². The lowest BCUT2D eigenvalue weighted by molar-refractivity contribution is -0.116. The van der Waals surface area contributed by atoms with Gasteiger partial charge in [-0.1, -0.05) is 41.9 Å². The van der Waals surface area contributed by atoms with E-state index >= 15 is 0 Å². The van der Waals surface area contributed by atoms with E-state index in [2.05, 4.69) is 10.6 Å². The molecule has 3 aromatic carbocycles. The van der Waals surface area contributed by atoms with Crippen LogP contribution in [0, 0.1) is 0 Å². The molecule has 1 aliphatic heterocycles. The lowest BCUT2D eigenvalue weighted by Gasteiger charge is -2.17. The van der Waals surface area contributed by atoms with Crippen molar-refractivity contribution in [2.75, 3.05) is 25.6 Å². The standard InChI is InChI=1S/C31H31ClN4O6/c1-41-27-12-10-22(32)17-25(27)34-28(37)19-35-26-16-21(29(38)33-14-13-20-6-3-2-4-7-20)9-11-24(26)30(39)36(31(35)40)18-23-8-5-15-42-23/h2-4,6-7,9-12,16-17,23H,5,8,13-15,18-19H2,1H3,(H,33,38)(H,34,37)/t23-/m1/s1. The van der Waals surface area contributed by atoms with Gasteiger partial charge in [0.2, 0.25) is 5.91 Å². The van der Waals surface area contributed by atoms with Gasteiger partial charge in [0.25, 0.3) is 11.5 Å². The lowest BCUT2D eigenvalue weighted by Crippen LogP contribution is -2.43. The van der Waals surface area contributed by atoms with Gasteiger partial charge in [-0.15, -0.1) is 0 Å². The van der Waals surface area contributed by atoms with Crippen LogP contribution in [-0.2, 0) is 29.0 Å². The number of rotatable bonds is 10. The molecule has 2 amide bonds. The first kappa shape index (κ1) is 29.1.